The van der Waals surface area contributed by atoms with Crippen LogP contribution in [0.3, 0.4) is 0 Å². The third kappa shape index (κ3) is 5.32. The van der Waals surface area contributed by atoms with Gasteiger partial charge in [0.05, 0.1) is 18.8 Å². The zero-order valence-electron chi connectivity index (χ0n) is 13.7. The Hall–Kier alpha value is -0.160. The molecule has 0 aromatic rings. The Morgan fingerprint density at radius 1 is 1.30 bits per heavy atom. The van der Waals surface area contributed by atoms with Gasteiger partial charge in [-0.2, -0.15) is 0 Å². The zero-order chi connectivity index (χ0) is 15.0. The van der Waals surface area contributed by atoms with E-state index in [0.29, 0.717) is 25.3 Å². The molecular formula is C16H33NO3. The highest BCUT2D eigenvalue weighted by atomic mass is 16.5. The molecule has 0 aliphatic heterocycles. The minimum absolute atomic E-state index is 0.148. The molecule has 0 bridgehead atoms. The van der Waals surface area contributed by atoms with Crippen molar-refractivity contribution in [3.05, 3.63) is 0 Å². The van der Waals surface area contributed by atoms with E-state index in [1.54, 1.807) is 7.11 Å². The van der Waals surface area contributed by atoms with E-state index in [1.165, 1.54) is 19.3 Å². The zero-order valence-corrected chi connectivity index (χ0v) is 13.7. The molecule has 0 heterocycles. The fourth-order valence-corrected chi connectivity index (χ4v) is 2.82. The molecule has 1 saturated carbocycles. The summed E-state index contributed by atoms with van der Waals surface area (Å²) in [5.74, 6) is 0. The van der Waals surface area contributed by atoms with E-state index in [-0.39, 0.29) is 5.41 Å². The summed E-state index contributed by atoms with van der Waals surface area (Å²) >= 11 is 0. The van der Waals surface area contributed by atoms with E-state index in [0.717, 1.165) is 19.4 Å². The van der Waals surface area contributed by atoms with E-state index in [9.17, 15) is 5.11 Å². The average molecular weight is 287 g/mol. The summed E-state index contributed by atoms with van der Waals surface area (Å²) in [6.45, 7) is 8.40. The lowest BCUT2D eigenvalue weighted by molar-refractivity contribution is -0.100. The summed E-state index contributed by atoms with van der Waals surface area (Å²) in [5, 5.41) is 13.3. The molecule has 4 nitrogen and oxygen atoms in total. The topological polar surface area (TPSA) is 50.7 Å². The molecule has 2 N–H and O–H groups in total. The molecule has 1 rings (SSSR count). The lowest BCUT2D eigenvalue weighted by atomic mass is 9.64. The fourth-order valence-electron chi connectivity index (χ4n) is 2.82. The van der Waals surface area contributed by atoms with E-state index >= 15 is 0 Å². The van der Waals surface area contributed by atoms with E-state index in [4.69, 9.17) is 9.47 Å². The van der Waals surface area contributed by atoms with Gasteiger partial charge < -0.3 is 19.9 Å². The molecule has 0 radical (unpaired) electrons. The van der Waals surface area contributed by atoms with Crippen LogP contribution in [-0.4, -0.2) is 50.2 Å². The van der Waals surface area contributed by atoms with Crippen molar-refractivity contribution in [2.45, 2.75) is 71.1 Å². The minimum atomic E-state index is -0.418. The SMILES string of the molecule is CCCCCCOCC(O)CNC1CC(OC)C1(C)C. The second kappa shape index (κ2) is 8.98. The molecule has 120 valence electrons. The fraction of sp³-hybridized carbons (Fsp3) is 1.00. The lowest BCUT2D eigenvalue weighted by Gasteiger charge is -2.51. The number of aliphatic hydroxyl groups excluding tert-OH is 1. The van der Waals surface area contributed by atoms with Crippen molar-refractivity contribution in [1.82, 2.24) is 5.32 Å². The van der Waals surface area contributed by atoms with Gasteiger partial charge in [0.1, 0.15) is 0 Å². The van der Waals surface area contributed by atoms with Crippen LogP contribution >= 0.6 is 0 Å². The van der Waals surface area contributed by atoms with Gasteiger partial charge in [-0.15, -0.1) is 0 Å². The summed E-state index contributed by atoms with van der Waals surface area (Å²) in [4.78, 5) is 0. The lowest BCUT2D eigenvalue weighted by Crippen LogP contribution is -2.61. The van der Waals surface area contributed by atoms with Gasteiger partial charge in [-0.3, -0.25) is 0 Å². The summed E-state index contributed by atoms with van der Waals surface area (Å²) in [6.07, 6.45) is 5.76. The second-order valence-electron chi connectivity index (χ2n) is 6.53. The van der Waals surface area contributed by atoms with Crippen LogP contribution in [0.4, 0.5) is 0 Å². The van der Waals surface area contributed by atoms with Gasteiger partial charge in [-0.05, 0) is 12.8 Å². The van der Waals surface area contributed by atoms with E-state index in [1.807, 2.05) is 0 Å². The van der Waals surface area contributed by atoms with Crippen LogP contribution in [0.5, 0.6) is 0 Å². The number of aliphatic hydroxyl groups is 1. The van der Waals surface area contributed by atoms with Crippen molar-refractivity contribution in [3.8, 4) is 0 Å². The van der Waals surface area contributed by atoms with Crippen molar-refractivity contribution in [2.24, 2.45) is 5.41 Å². The van der Waals surface area contributed by atoms with Crippen molar-refractivity contribution < 1.29 is 14.6 Å². The first-order chi connectivity index (χ1) is 9.52. The van der Waals surface area contributed by atoms with Crippen molar-refractivity contribution in [3.63, 3.8) is 0 Å². The van der Waals surface area contributed by atoms with Crippen LogP contribution in [0.15, 0.2) is 0 Å². The van der Waals surface area contributed by atoms with Gasteiger partial charge in [0.25, 0.3) is 0 Å². The maximum Gasteiger partial charge on any atom is 0.0897 e. The normalized spacial score (nSPS) is 26.2. The number of ether oxygens (including phenoxy) is 2. The van der Waals surface area contributed by atoms with Gasteiger partial charge in [0.15, 0.2) is 0 Å². The Labute approximate surface area is 124 Å². The molecule has 4 heteroatoms. The largest absolute Gasteiger partial charge is 0.389 e. The third-order valence-corrected chi connectivity index (χ3v) is 4.51. The van der Waals surface area contributed by atoms with Crippen LogP contribution < -0.4 is 5.32 Å². The minimum Gasteiger partial charge on any atom is -0.389 e. The Bertz CT molecular complexity index is 258. The standard InChI is InChI=1S/C16H33NO3/c1-5-6-7-8-9-20-12-13(18)11-17-14-10-15(19-4)16(14,2)3/h13-15,17-18H,5-12H2,1-4H3. The summed E-state index contributed by atoms with van der Waals surface area (Å²) in [7, 11) is 1.77. The highest BCUT2D eigenvalue weighted by Crippen LogP contribution is 2.42. The average Bonchev–Trinajstić information content (AvgIpc) is 2.41. The van der Waals surface area contributed by atoms with Gasteiger partial charge in [0, 0.05) is 31.7 Å². The Morgan fingerprint density at radius 3 is 2.65 bits per heavy atom. The van der Waals surface area contributed by atoms with Gasteiger partial charge in [-0.1, -0.05) is 40.0 Å². The van der Waals surface area contributed by atoms with Gasteiger partial charge in [0.2, 0.25) is 0 Å². The first-order valence-electron chi connectivity index (χ1n) is 8.04. The van der Waals surface area contributed by atoms with E-state index < -0.39 is 6.10 Å². The molecule has 0 aromatic carbocycles. The number of nitrogens with one attached hydrogen (secondary N) is 1. The van der Waals surface area contributed by atoms with Crippen molar-refractivity contribution in [2.75, 3.05) is 26.9 Å². The molecule has 3 unspecified atom stereocenters. The number of hydrogen-bond acceptors (Lipinski definition) is 4. The molecular weight excluding hydrogens is 254 g/mol. The van der Waals surface area contributed by atoms with Crippen LogP contribution in [-0.2, 0) is 9.47 Å². The Balaban J connectivity index is 2.02. The van der Waals surface area contributed by atoms with Crippen LogP contribution in [0.2, 0.25) is 0 Å². The molecule has 1 aliphatic carbocycles. The van der Waals surface area contributed by atoms with Gasteiger partial charge >= 0.3 is 0 Å². The summed E-state index contributed by atoms with van der Waals surface area (Å²) in [5.41, 5.74) is 0.148. The molecule has 1 aliphatic rings. The molecule has 0 aromatic heterocycles. The smallest absolute Gasteiger partial charge is 0.0897 e. The Morgan fingerprint density at radius 2 is 2.05 bits per heavy atom. The third-order valence-electron chi connectivity index (χ3n) is 4.51. The predicted octanol–water partition coefficient (Wildman–Crippen LogP) is 2.35. The first kappa shape index (κ1) is 17.9. The van der Waals surface area contributed by atoms with Crippen molar-refractivity contribution in [1.29, 1.82) is 0 Å². The van der Waals surface area contributed by atoms with Gasteiger partial charge in [-0.25, -0.2) is 0 Å². The second-order valence-corrected chi connectivity index (χ2v) is 6.53. The quantitative estimate of drug-likeness (QED) is 0.573. The highest BCUT2D eigenvalue weighted by molar-refractivity contribution is 5.02. The number of rotatable bonds is 11. The predicted molar refractivity (Wildman–Crippen MR) is 82.0 cm³/mol. The first-order valence-corrected chi connectivity index (χ1v) is 8.04. The van der Waals surface area contributed by atoms with Crippen LogP contribution in [0, 0.1) is 5.41 Å². The summed E-state index contributed by atoms with van der Waals surface area (Å²) < 4.78 is 10.9. The molecule has 0 saturated heterocycles. The number of hydrogen-bond donors (Lipinski definition) is 2. The van der Waals surface area contributed by atoms with Crippen LogP contribution in [0.1, 0.15) is 52.9 Å². The molecule has 0 spiro atoms. The molecule has 20 heavy (non-hydrogen) atoms. The number of methoxy groups -OCH3 is 1. The molecule has 3 atom stereocenters. The van der Waals surface area contributed by atoms with Crippen molar-refractivity contribution >= 4 is 0 Å². The maximum atomic E-state index is 9.89. The Kier molecular flexibility index (Phi) is 8.03. The highest BCUT2D eigenvalue weighted by Gasteiger charge is 2.48. The molecule has 1 fully saturated rings. The van der Waals surface area contributed by atoms with E-state index in [2.05, 4.69) is 26.1 Å². The monoisotopic (exact) mass is 287 g/mol. The van der Waals surface area contributed by atoms with Crippen LogP contribution in [0.25, 0.3) is 0 Å². The number of unbranched alkanes of at least 4 members (excludes halogenated alkanes) is 3. The summed E-state index contributed by atoms with van der Waals surface area (Å²) in [6, 6.07) is 0.423. The molecule has 0 amide bonds. The maximum absolute atomic E-state index is 9.89.